The maximum atomic E-state index is 11.2. The van der Waals surface area contributed by atoms with Crippen molar-refractivity contribution in [1.82, 2.24) is 9.80 Å². The second kappa shape index (κ2) is 4.72. The Kier molecular flexibility index (Phi) is 3.86. The smallest absolute Gasteiger partial charge is 0.223 e. The van der Waals surface area contributed by atoms with Gasteiger partial charge in [-0.15, -0.1) is 0 Å². The molecule has 1 aliphatic rings. The van der Waals surface area contributed by atoms with Crippen LogP contribution >= 0.6 is 0 Å². The molecule has 0 spiro atoms. The normalized spacial score (nSPS) is 28.0. The molecule has 0 aliphatic carbocycles. The van der Waals surface area contributed by atoms with E-state index in [1.54, 1.807) is 19.0 Å². The number of hydrogen-bond acceptors (Lipinski definition) is 4. The largest absolute Gasteiger partial charge is 0.389 e. The van der Waals surface area contributed by atoms with E-state index in [1.807, 2.05) is 4.90 Å². The van der Waals surface area contributed by atoms with Crippen LogP contribution in [0.3, 0.4) is 0 Å². The maximum Gasteiger partial charge on any atom is 0.223 e. The minimum atomic E-state index is -0.663. The molecule has 1 amide bonds. The minimum absolute atomic E-state index is 0.0703. The van der Waals surface area contributed by atoms with Crippen molar-refractivity contribution >= 4 is 5.91 Å². The summed E-state index contributed by atoms with van der Waals surface area (Å²) in [7, 11) is 3.44. The van der Waals surface area contributed by atoms with Gasteiger partial charge in [0.25, 0.3) is 0 Å². The van der Waals surface area contributed by atoms with Gasteiger partial charge in [0.05, 0.1) is 12.2 Å². The number of rotatable bonds is 3. The van der Waals surface area contributed by atoms with Gasteiger partial charge in [0, 0.05) is 40.2 Å². The molecular weight excluding hydrogens is 184 g/mol. The van der Waals surface area contributed by atoms with E-state index >= 15 is 0 Å². The van der Waals surface area contributed by atoms with Crippen LogP contribution < -0.4 is 0 Å². The number of likely N-dealkylation sites (tertiary alicyclic amines) is 1. The lowest BCUT2D eigenvalue weighted by molar-refractivity contribution is -0.129. The Hall–Kier alpha value is -0.650. The van der Waals surface area contributed by atoms with Gasteiger partial charge in [-0.1, -0.05) is 0 Å². The van der Waals surface area contributed by atoms with E-state index in [1.165, 1.54) is 0 Å². The first-order chi connectivity index (χ1) is 6.50. The monoisotopic (exact) mass is 202 g/mol. The van der Waals surface area contributed by atoms with Gasteiger partial charge >= 0.3 is 0 Å². The van der Waals surface area contributed by atoms with Gasteiger partial charge in [-0.3, -0.25) is 9.69 Å². The number of nitrogens with zero attached hydrogens (tertiary/aromatic N) is 2. The van der Waals surface area contributed by atoms with Gasteiger partial charge in [0.1, 0.15) is 0 Å². The van der Waals surface area contributed by atoms with Crippen LogP contribution in [-0.4, -0.2) is 71.9 Å². The summed E-state index contributed by atoms with van der Waals surface area (Å²) in [5, 5.41) is 18.5. The summed E-state index contributed by atoms with van der Waals surface area (Å²) < 4.78 is 0. The Labute approximate surface area is 83.9 Å². The van der Waals surface area contributed by atoms with Crippen molar-refractivity contribution in [2.75, 3.05) is 33.7 Å². The predicted octanol–water partition coefficient (Wildman–Crippen LogP) is -1.50. The molecule has 14 heavy (non-hydrogen) atoms. The van der Waals surface area contributed by atoms with Crippen LogP contribution in [-0.2, 0) is 4.79 Å². The van der Waals surface area contributed by atoms with Crippen molar-refractivity contribution in [3.8, 4) is 0 Å². The average molecular weight is 202 g/mol. The molecule has 0 radical (unpaired) electrons. The van der Waals surface area contributed by atoms with Crippen molar-refractivity contribution in [3.05, 3.63) is 0 Å². The fourth-order valence-corrected chi connectivity index (χ4v) is 1.51. The molecule has 5 nitrogen and oxygen atoms in total. The van der Waals surface area contributed by atoms with Gasteiger partial charge in [-0.05, 0) is 0 Å². The number of carbonyl (C=O) groups is 1. The zero-order valence-corrected chi connectivity index (χ0v) is 8.68. The van der Waals surface area contributed by atoms with E-state index in [2.05, 4.69) is 0 Å². The maximum absolute atomic E-state index is 11.2. The Balaban J connectivity index is 2.23. The lowest BCUT2D eigenvalue weighted by atomic mass is 10.3. The minimum Gasteiger partial charge on any atom is -0.389 e. The Morgan fingerprint density at radius 2 is 1.86 bits per heavy atom. The highest BCUT2D eigenvalue weighted by Crippen LogP contribution is 2.10. The van der Waals surface area contributed by atoms with E-state index in [9.17, 15) is 15.0 Å². The molecule has 2 atom stereocenters. The van der Waals surface area contributed by atoms with Crippen LogP contribution in [0.4, 0.5) is 0 Å². The van der Waals surface area contributed by atoms with E-state index in [4.69, 9.17) is 0 Å². The molecule has 1 heterocycles. The van der Waals surface area contributed by atoms with Crippen molar-refractivity contribution in [3.63, 3.8) is 0 Å². The summed E-state index contributed by atoms with van der Waals surface area (Å²) in [4.78, 5) is 14.7. The van der Waals surface area contributed by atoms with Gasteiger partial charge in [0.2, 0.25) is 5.91 Å². The molecule has 1 aliphatic heterocycles. The molecule has 1 rings (SSSR count). The van der Waals surface area contributed by atoms with Crippen molar-refractivity contribution < 1.29 is 15.0 Å². The van der Waals surface area contributed by atoms with Crippen LogP contribution in [0.5, 0.6) is 0 Å². The van der Waals surface area contributed by atoms with Crippen LogP contribution in [0.1, 0.15) is 6.42 Å². The SMILES string of the molecule is CN(C)C(=O)CCN1C[C@@H](O)[C@@H](O)C1. The first kappa shape index (κ1) is 11.4. The molecule has 2 N–H and O–H groups in total. The summed E-state index contributed by atoms with van der Waals surface area (Å²) in [5.74, 6) is 0.0703. The molecule has 0 aromatic carbocycles. The molecule has 1 fully saturated rings. The zero-order valence-electron chi connectivity index (χ0n) is 8.68. The first-order valence-corrected chi connectivity index (χ1v) is 4.79. The zero-order chi connectivity index (χ0) is 10.7. The summed E-state index contributed by atoms with van der Waals surface area (Å²) in [6, 6.07) is 0. The number of aliphatic hydroxyl groups is 2. The number of β-amino-alcohol motifs (C(OH)–C–C–N with tert-alkyl or cyclic N) is 2. The lowest BCUT2D eigenvalue weighted by Gasteiger charge is -2.16. The predicted molar refractivity (Wildman–Crippen MR) is 51.8 cm³/mol. The number of carbonyl (C=O) groups excluding carboxylic acids is 1. The van der Waals surface area contributed by atoms with Gasteiger partial charge in [-0.25, -0.2) is 0 Å². The fraction of sp³-hybridized carbons (Fsp3) is 0.889. The van der Waals surface area contributed by atoms with Crippen LogP contribution in [0.2, 0.25) is 0 Å². The first-order valence-electron chi connectivity index (χ1n) is 4.79. The summed E-state index contributed by atoms with van der Waals surface area (Å²) in [6.07, 6.45) is -0.888. The molecule has 0 aromatic rings. The Morgan fingerprint density at radius 1 is 1.36 bits per heavy atom. The fourth-order valence-electron chi connectivity index (χ4n) is 1.51. The van der Waals surface area contributed by atoms with Gasteiger partial charge in [0.15, 0.2) is 0 Å². The average Bonchev–Trinajstić information content (AvgIpc) is 2.42. The van der Waals surface area contributed by atoms with Gasteiger partial charge in [-0.2, -0.15) is 0 Å². The third-order valence-electron chi connectivity index (χ3n) is 2.48. The second-order valence-electron chi connectivity index (χ2n) is 3.93. The summed E-state index contributed by atoms with van der Waals surface area (Å²) >= 11 is 0. The van der Waals surface area contributed by atoms with E-state index in [0.29, 0.717) is 26.1 Å². The van der Waals surface area contributed by atoms with E-state index in [0.717, 1.165) is 0 Å². The van der Waals surface area contributed by atoms with E-state index < -0.39 is 12.2 Å². The second-order valence-corrected chi connectivity index (χ2v) is 3.93. The van der Waals surface area contributed by atoms with Crippen LogP contribution in [0.25, 0.3) is 0 Å². The third kappa shape index (κ3) is 2.94. The molecule has 0 unspecified atom stereocenters. The molecule has 1 saturated heterocycles. The highest BCUT2D eigenvalue weighted by Gasteiger charge is 2.29. The number of aliphatic hydroxyl groups excluding tert-OH is 2. The molecule has 0 bridgehead atoms. The molecule has 82 valence electrons. The summed E-state index contributed by atoms with van der Waals surface area (Å²) in [5.41, 5.74) is 0. The van der Waals surface area contributed by atoms with E-state index in [-0.39, 0.29) is 5.91 Å². The third-order valence-corrected chi connectivity index (χ3v) is 2.48. The highest BCUT2D eigenvalue weighted by molar-refractivity contribution is 5.75. The van der Waals surface area contributed by atoms with Crippen molar-refractivity contribution in [1.29, 1.82) is 0 Å². The number of hydrogen-bond donors (Lipinski definition) is 2. The topological polar surface area (TPSA) is 64.0 Å². The summed E-state index contributed by atoms with van der Waals surface area (Å²) in [6.45, 7) is 1.52. The standard InChI is InChI=1S/C9H18N2O3/c1-10(2)9(14)3-4-11-5-7(12)8(13)6-11/h7-8,12-13H,3-6H2,1-2H3/t7-,8+. The highest BCUT2D eigenvalue weighted by atomic mass is 16.3. The molecule has 0 saturated carbocycles. The van der Waals surface area contributed by atoms with Gasteiger partial charge < -0.3 is 15.1 Å². The van der Waals surface area contributed by atoms with Crippen molar-refractivity contribution in [2.45, 2.75) is 18.6 Å². The molecule has 5 heteroatoms. The Bertz CT molecular complexity index is 198. The molecular formula is C9H18N2O3. The molecule has 0 aromatic heterocycles. The lowest BCUT2D eigenvalue weighted by Crippen LogP contribution is -2.29. The Morgan fingerprint density at radius 3 is 2.29 bits per heavy atom. The van der Waals surface area contributed by atoms with Crippen LogP contribution in [0.15, 0.2) is 0 Å². The quantitative estimate of drug-likeness (QED) is 0.585. The van der Waals surface area contributed by atoms with Crippen molar-refractivity contribution in [2.24, 2.45) is 0 Å². The number of amides is 1. The van der Waals surface area contributed by atoms with Crippen LogP contribution in [0, 0.1) is 0 Å².